The molecule has 0 radical (unpaired) electrons. The molecule has 1 rings (SSSR count). The number of rotatable bonds is 5. The summed E-state index contributed by atoms with van der Waals surface area (Å²) in [6.07, 6.45) is 1.74. The van der Waals surface area contributed by atoms with Crippen LogP contribution in [0.5, 0.6) is 0 Å². The zero-order chi connectivity index (χ0) is 12.0. The highest BCUT2D eigenvalue weighted by molar-refractivity contribution is 5.76. The highest BCUT2D eigenvalue weighted by Crippen LogP contribution is 2.15. The van der Waals surface area contributed by atoms with E-state index in [-0.39, 0.29) is 18.1 Å². The monoisotopic (exact) mass is 228 g/mol. The lowest BCUT2D eigenvalue weighted by molar-refractivity contribution is -0.144. The molecule has 1 heterocycles. The average Bonchev–Trinajstić information content (AvgIpc) is 2.29. The Morgan fingerprint density at radius 2 is 2.25 bits per heavy atom. The second-order valence-electron chi connectivity index (χ2n) is 4.36. The Bertz CT molecular complexity index is 221. The van der Waals surface area contributed by atoms with Crippen molar-refractivity contribution in [1.82, 2.24) is 10.2 Å². The van der Waals surface area contributed by atoms with Crippen molar-refractivity contribution in [2.45, 2.75) is 45.8 Å². The molecule has 94 valence electrons. The normalized spacial score (nSPS) is 25.8. The number of amides is 1. The summed E-state index contributed by atoms with van der Waals surface area (Å²) in [7, 11) is 0. The topological polar surface area (TPSA) is 41.6 Å². The number of carbonyl (C=O) groups excluding carboxylic acids is 1. The van der Waals surface area contributed by atoms with Crippen LogP contribution in [-0.2, 0) is 9.53 Å². The first-order valence-electron chi connectivity index (χ1n) is 6.30. The van der Waals surface area contributed by atoms with E-state index in [1.54, 1.807) is 0 Å². The third kappa shape index (κ3) is 3.76. The predicted octanol–water partition coefficient (Wildman–Crippen LogP) is 1.01. The first-order valence-corrected chi connectivity index (χ1v) is 6.30. The Kier molecular flexibility index (Phi) is 5.77. The Morgan fingerprint density at radius 1 is 1.50 bits per heavy atom. The quantitative estimate of drug-likeness (QED) is 0.714. The molecular weight excluding hydrogens is 204 g/mol. The Hall–Kier alpha value is -0.610. The minimum absolute atomic E-state index is 0.172. The second-order valence-corrected chi connectivity index (χ2v) is 4.36. The van der Waals surface area contributed by atoms with Crippen molar-refractivity contribution in [3.05, 3.63) is 0 Å². The number of hydrogen-bond donors (Lipinski definition) is 1. The van der Waals surface area contributed by atoms with Crippen molar-refractivity contribution in [2.75, 3.05) is 26.2 Å². The van der Waals surface area contributed by atoms with E-state index in [1.165, 1.54) is 0 Å². The summed E-state index contributed by atoms with van der Waals surface area (Å²) in [6.45, 7) is 9.30. The van der Waals surface area contributed by atoms with Gasteiger partial charge in [0.25, 0.3) is 0 Å². The summed E-state index contributed by atoms with van der Waals surface area (Å²) in [5.41, 5.74) is 0. The zero-order valence-electron chi connectivity index (χ0n) is 10.7. The van der Waals surface area contributed by atoms with Crippen LogP contribution >= 0.6 is 0 Å². The van der Waals surface area contributed by atoms with Crippen LogP contribution in [0, 0.1) is 0 Å². The fourth-order valence-electron chi connectivity index (χ4n) is 2.00. The van der Waals surface area contributed by atoms with Gasteiger partial charge in [-0.1, -0.05) is 13.8 Å². The molecule has 0 aliphatic carbocycles. The molecule has 0 bridgehead atoms. The number of nitrogens with zero attached hydrogens (tertiary/aromatic N) is 1. The smallest absolute Gasteiger partial charge is 0.224 e. The van der Waals surface area contributed by atoms with Gasteiger partial charge in [0.2, 0.25) is 5.91 Å². The van der Waals surface area contributed by atoms with Crippen LogP contribution in [0.1, 0.15) is 33.6 Å². The van der Waals surface area contributed by atoms with Gasteiger partial charge in [-0.15, -0.1) is 0 Å². The average molecular weight is 228 g/mol. The number of carbonyl (C=O) groups is 1. The Labute approximate surface area is 98.3 Å². The molecule has 0 spiro atoms. The maximum atomic E-state index is 12.0. The molecule has 4 nitrogen and oxygen atoms in total. The summed E-state index contributed by atoms with van der Waals surface area (Å²) >= 11 is 0. The van der Waals surface area contributed by atoms with Crippen LogP contribution in [0.4, 0.5) is 0 Å². The first-order chi connectivity index (χ1) is 7.69. The molecule has 0 aromatic carbocycles. The van der Waals surface area contributed by atoms with Gasteiger partial charge in [-0.05, 0) is 19.9 Å². The van der Waals surface area contributed by atoms with E-state index in [2.05, 4.69) is 19.2 Å². The van der Waals surface area contributed by atoms with E-state index in [4.69, 9.17) is 4.74 Å². The first kappa shape index (κ1) is 13.5. The molecule has 1 fully saturated rings. The van der Waals surface area contributed by atoms with Gasteiger partial charge in [-0.25, -0.2) is 0 Å². The van der Waals surface area contributed by atoms with E-state index in [9.17, 15) is 4.79 Å². The van der Waals surface area contributed by atoms with Gasteiger partial charge in [0.05, 0.1) is 18.8 Å². The molecule has 1 amide bonds. The van der Waals surface area contributed by atoms with E-state index in [0.717, 1.165) is 26.1 Å². The number of ether oxygens (including phenoxy) is 1. The number of hydrogen-bond acceptors (Lipinski definition) is 3. The second kappa shape index (κ2) is 6.86. The SMILES string of the molecule is CCNCCC(=O)N1CC(C)OCC1CC. The van der Waals surface area contributed by atoms with Gasteiger partial charge in [-0.2, -0.15) is 0 Å². The van der Waals surface area contributed by atoms with E-state index >= 15 is 0 Å². The lowest BCUT2D eigenvalue weighted by Gasteiger charge is -2.38. The molecule has 16 heavy (non-hydrogen) atoms. The molecule has 1 N–H and O–H groups in total. The van der Waals surface area contributed by atoms with Gasteiger partial charge in [0, 0.05) is 19.5 Å². The molecular formula is C12H24N2O2. The third-order valence-corrected chi connectivity index (χ3v) is 3.02. The van der Waals surface area contributed by atoms with Gasteiger partial charge in [0.15, 0.2) is 0 Å². The maximum absolute atomic E-state index is 12.0. The lowest BCUT2D eigenvalue weighted by Crippen LogP contribution is -2.51. The fourth-order valence-corrected chi connectivity index (χ4v) is 2.00. The summed E-state index contributed by atoms with van der Waals surface area (Å²) in [5, 5.41) is 3.18. The van der Waals surface area contributed by atoms with E-state index < -0.39 is 0 Å². The van der Waals surface area contributed by atoms with Crippen molar-refractivity contribution in [3.63, 3.8) is 0 Å². The molecule has 0 saturated carbocycles. The minimum atomic E-state index is 0.172. The Balaban J connectivity index is 2.43. The third-order valence-electron chi connectivity index (χ3n) is 3.02. The highest BCUT2D eigenvalue weighted by atomic mass is 16.5. The standard InChI is InChI=1S/C12H24N2O2/c1-4-11-9-16-10(3)8-14(11)12(15)6-7-13-5-2/h10-11,13H,4-9H2,1-3H3. The molecule has 0 aromatic heterocycles. The highest BCUT2D eigenvalue weighted by Gasteiger charge is 2.28. The van der Waals surface area contributed by atoms with E-state index in [0.29, 0.717) is 13.0 Å². The van der Waals surface area contributed by atoms with Crippen molar-refractivity contribution >= 4 is 5.91 Å². The van der Waals surface area contributed by atoms with Gasteiger partial charge in [0.1, 0.15) is 0 Å². The van der Waals surface area contributed by atoms with Crippen LogP contribution < -0.4 is 5.32 Å². The van der Waals surface area contributed by atoms with E-state index in [1.807, 2.05) is 11.8 Å². The molecule has 1 aliphatic rings. The maximum Gasteiger partial charge on any atom is 0.224 e. The summed E-state index contributed by atoms with van der Waals surface area (Å²) in [4.78, 5) is 14.0. The largest absolute Gasteiger partial charge is 0.375 e. The number of morpholine rings is 1. The molecule has 4 heteroatoms. The van der Waals surface area contributed by atoms with Crippen LogP contribution in [0.25, 0.3) is 0 Å². The summed E-state index contributed by atoms with van der Waals surface area (Å²) in [6, 6.07) is 0.269. The minimum Gasteiger partial charge on any atom is -0.375 e. The molecule has 2 unspecified atom stereocenters. The summed E-state index contributed by atoms with van der Waals surface area (Å²) in [5.74, 6) is 0.253. The van der Waals surface area contributed by atoms with Crippen molar-refractivity contribution in [2.24, 2.45) is 0 Å². The van der Waals surface area contributed by atoms with Crippen molar-refractivity contribution in [3.8, 4) is 0 Å². The van der Waals surface area contributed by atoms with Crippen LogP contribution in [-0.4, -0.2) is 49.2 Å². The van der Waals surface area contributed by atoms with Crippen LogP contribution in [0.2, 0.25) is 0 Å². The number of nitrogens with one attached hydrogen (secondary N) is 1. The van der Waals surface area contributed by atoms with Crippen molar-refractivity contribution < 1.29 is 9.53 Å². The van der Waals surface area contributed by atoms with Crippen molar-refractivity contribution in [1.29, 1.82) is 0 Å². The molecule has 1 saturated heterocycles. The lowest BCUT2D eigenvalue weighted by atomic mass is 10.1. The van der Waals surface area contributed by atoms with Gasteiger partial charge >= 0.3 is 0 Å². The zero-order valence-corrected chi connectivity index (χ0v) is 10.7. The molecule has 2 atom stereocenters. The summed E-state index contributed by atoms with van der Waals surface area (Å²) < 4.78 is 5.58. The van der Waals surface area contributed by atoms with Crippen LogP contribution in [0.15, 0.2) is 0 Å². The molecule has 0 aromatic rings. The molecule has 1 aliphatic heterocycles. The fraction of sp³-hybridized carbons (Fsp3) is 0.917. The van der Waals surface area contributed by atoms with Crippen LogP contribution in [0.3, 0.4) is 0 Å². The van der Waals surface area contributed by atoms with Gasteiger partial charge in [-0.3, -0.25) is 4.79 Å². The Morgan fingerprint density at radius 3 is 2.88 bits per heavy atom. The predicted molar refractivity (Wildman–Crippen MR) is 64.4 cm³/mol. The van der Waals surface area contributed by atoms with Gasteiger partial charge < -0.3 is 15.0 Å².